The Morgan fingerprint density at radius 3 is 2.67 bits per heavy atom. The standard InChI is InChI=1S/C34H35N5O4/c1-21(2)39-13-9-26(20-39)38-34(40)23-4-6-28(31(17-23)41-3)32-18-30-33(43-32)27(8-12-36-30)22-5-7-29(24(16-22)19-35)37-25-10-14-42-15-11-25/h4-8,12,16-18,25-26,37H,1,9-11,13-15,20H2,2-3H3,(H,38,40). The molecule has 2 aromatic heterocycles. The second kappa shape index (κ2) is 12.2. The van der Waals surface area contributed by atoms with Gasteiger partial charge in [-0.2, -0.15) is 5.26 Å². The normalized spacial score (nSPS) is 17.0. The molecule has 6 rings (SSSR count). The van der Waals surface area contributed by atoms with Crippen LogP contribution in [0.3, 0.4) is 0 Å². The molecule has 2 saturated heterocycles. The van der Waals surface area contributed by atoms with E-state index in [1.165, 1.54) is 0 Å². The van der Waals surface area contributed by atoms with Crippen LogP contribution in [-0.2, 0) is 4.74 Å². The number of nitrogens with one attached hydrogen (secondary N) is 2. The summed E-state index contributed by atoms with van der Waals surface area (Å²) in [4.78, 5) is 19.8. The summed E-state index contributed by atoms with van der Waals surface area (Å²) >= 11 is 0. The van der Waals surface area contributed by atoms with E-state index in [0.717, 1.165) is 68.1 Å². The number of carbonyl (C=O) groups excluding carboxylic acids is 1. The summed E-state index contributed by atoms with van der Waals surface area (Å²) in [6.45, 7) is 9.09. The Hall–Kier alpha value is -4.81. The van der Waals surface area contributed by atoms with Gasteiger partial charge in [-0.25, -0.2) is 0 Å². The van der Waals surface area contributed by atoms with E-state index in [1.54, 1.807) is 25.4 Å². The first kappa shape index (κ1) is 28.3. The highest BCUT2D eigenvalue weighted by molar-refractivity contribution is 5.97. The highest BCUT2D eigenvalue weighted by Gasteiger charge is 2.25. The van der Waals surface area contributed by atoms with Gasteiger partial charge in [0.05, 0.1) is 23.9 Å². The number of hydrogen-bond acceptors (Lipinski definition) is 8. The van der Waals surface area contributed by atoms with Crippen LogP contribution in [0.2, 0.25) is 0 Å². The molecule has 0 saturated carbocycles. The molecule has 9 heteroatoms. The van der Waals surface area contributed by atoms with Crippen molar-refractivity contribution >= 4 is 22.7 Å². The van der Waals surface area contributed by atoms with Crippen molar-refractivity contribution in [3.63, 3.8) is 0 Å². The predicted molar refractivity (Wildman–Crippen MR) is 166 cm³/mol. The van der Waals surface area contributed by atoms with Crippen LogP contribution in [0.5, 0.6) is 5.75 Å². The largest absolute Gasteiger partial charge is 0.496 e. The van der Waals surface area contributed by atoms with Gasteiger partial charge in [0.25, 0.3) is 5.91 Å². The molecule has 9 nitrogen and oxygen atoms in total. The third-order valence-corrected chi connectivity index (χ3v) is 8.24. The molecule has 1 unspecified atom stereocenters. The Morgan fingerprint density at radius 2 is 1.93 bits per heavy atom. The molecule has 1 amide bonds. The van der Waals surface area contributed by atoms with Gasteiger partial charge >= 0.3 is 0 Å². The molecular weight excluding hydrogens is 542 g/mol. The second-order valence-corrected chi connectivity index (χ2v) is 11.1. The van der Waals surface area contributed by atoms with E-state index < -0.39 is 0 Å². The zero-order valence-electron chi connectivity index (χ0n) is 24.5. The van der Waals surface area contributed by atoms with Crippen LogP contribution in [0.4, 0.5) is 5.69 Å². The molecule has 2 aliphatic rings. The minimum Gasteiger partial charge on any atom is -0.496 e. The SMILES string of the molecule is C=C(C)N1CCC(NC(=O)c2ccc(-c3cc4nccc(-c5ccc(NC6CCOCC6)c(C#N)c5)c4o3)c(OC)c2)C1. The number of aromatic nitrogens is 1. The molecule has 0 radical (unpaired) electrons. The molecule has 43 heavy (non-hydrogen) atoms. The number of ether oxygens (including phenoxy) is 2. The van der Waals surface area contributed by atoms with Crippen molar-refractivity contribution in [3.8, 4) is 34.3 Å². The lowest BCUT2D eigenvalue weighted by Gasteiger charge is -2.24. The molecule has 4 aromatic rings. The number of nitriles is 1. The first-order valence-corrected chi connectivity index (χ1v) is 14.6. The maximum atomic E-state index is 13.0. The lowest BCUT2D eigenvalue weighted by Crippen LogP contribution is -2.36. The molecule has 2 aromatic carbocycles. The molecular formula is C34H35N5O4. The number of nitrogens with zero attached hydrogens (tertiary/aromatic N) is 3. The summed E-state index contributed by atoms with van der Waals surface area (Å²) in [6, 6.07) is 17.6. The van der Waals surface area contributed by atoms with E-state index in [4.69, 9.17) is 13.9 Å². The minimum absolute atomic E-state index is 0.0722. The fourth-order valence-electron chi connectivity index (χ4n) is 5.82. The maximum absolute atomic E-state index is 13.0. The first-order valence-electron chi connectivity index (χ1n) is 14.6. The summed E-state index contributed by atoms with van der Waals surface area (Å²) in [7, 11) is 1.58. The maximum Gasteiger partial charge on any atom is 0.251 e. The number of hydrogen-bond donors (Lipinski definition) is 2. The van der Waals surface area contributed by atoms with Gasteiger partial charge < -0.3 is 29.4 Å². The van der Waals surface area contributed by atoms with E-state index in [2.05, 4.69) is 33.2 Å². The van der Waals surface area contributed by atoms with Crippen molar-refractivity contribution in [3.05, 3.63) is 78.1 Å². The van der Waals surface area contributed by atoms with Crippen molar-refractivity contribution in [2.75, 3.05) is 38.7 Å². The van der Waals surface area contributed by atoms with E-state index in [0.29, 0.717) is 39.3 Å². The molecule has 0 aliphatic carbocycles. The number of methoxy groups -OCH3 is 1. The highest BCUT2D eigenvalue weighted by atomic mass is 16.5. The summed E-state index contributed by atoms with van der Waals surface area (Å²) in [6.07, 6.45) is 4.44. The number of rotatable bonds is 8. The van der Waals surface area contributed by atoms with Crippen molar-refractivity contribution in [1.29, 1.82) is 5.26 Å². The molecule has 0 bridgehead atoms. The number of anilines is 1. The zero-order valence-corrected chi connectivity index (χ0v) is 24.5. The lowest BCUT2D eigenvalue weighted by molar-refractivity contribution is 0.0904. The van der Waals surface area contributed by atoms with Crippen LogP contribution in [0.15, 0.2) is 71.4 Å². The van der Waals surface area contributed by atoms with Crippen LogP contribution in [-0.4, -0.2) is 61.3 Å². The highest BCUT2D eigenvalue weighted by Crippen LogP contribution is 2.38. The number of carbonyl (C=O) groups is 1. The average Bonchev–Trinajstić information content (AvgIpc) is 3.69. The predicted octanol–water partition coefficient (Wildman–Crippen LogP) is 5.97. The van der Waals surface area contributed by atoms with Crippen LogP contribution in [0.1, 0.15) is 42.1 Å². The van der Waals surface area contributed by atoms with Gasteiger partial charge in [-0.1, -0.05) is 12.6 Å². The lowest BCUT2D eigenvalue weighted by atomic mass is 10.0. The van der Waals surface area contributed by atoms with Gasteiger partial charge in [0.15, 0.2) is 5.58 Å². The first-order chi connectivity index (χ1) is 20.9. The van der Waals surface area contributed by atoms with E-state index in [9.17, 15) is 10.1 Å². The number of fused-ring (bicyclic) bond motifs is 1. The third kappa shape index (κ3) is 5.92. The Balaban J connectivity index is 1.26. The van der Waals surface area contributed by atoms with E-state index >= 15 is 0 Å². The fourth-order valence-corrected chi connectivity index (χ4v) is 5.82. The average molecular weight is 578 g/mol. The van der Waals surface area contributed by atoms with E-state index in [1.807, 2.05) is 43.3 Å². The van der Waals surface area contributed by atoms with Gasteiger partial charge in [-0.05, 0) is 68.1 Å². The zero-order chi connectivity index (χ0) is 29.9. The number of likely N-dealkylation sites (tertiary alicyclic amines) is 1. The van der Waals surface area contributed by atoms with Crippen LogP contribution in [0.25, 0.3) is 33.6 Å². The monoisotopic (exact) mass is 577 g/mol. The van der Waals surface area contributed by atoms with Gasteiger partial charge in [0.2, 0.25) is 0 Å². The number of benzene rings is 2. The smallest absolute Gasteiger partial charge is 0.251 e. The van der Waals surface area contributed by atoms with Gasteiger partial charge in [0.1, 0.15) is 23.1 Å². The quantitative estimate of drug-likeness (QED) is 0.263. The van der Waals surface area contributed by atoms with Crippen molar-refractivity contribution < 1.29 is 18.7 Å². The van der Waals surface area contributed by atoms with Crippen LogP contribution >= 0.6 is 0 Å². The van der Waals surface area contributed by atoms with Crippen LogP contribution in [0, 0.1) is 11.3 Å². The molecule has 2 aliphatic heterocycles. The Kier molecular flexibility index (Phi) is 8.03. The molecule has 2 N–H and O–H groups in total. The summed E-state index contributed by atoms with van der Waals surface area (Å²) in [5.74, 6) is 0.957. The molecule has 2 fully saturated rings. The molecule has 220 valence electrons. The van der Waals surface area contributed by atoms with Crippen molar-refractivity contribution in [2.45, 2.75) is 38.3 Å². The fraction of sp³-hybridized carbons (Fsp3) is 0.324. The van der Waals surface area contributed by atoms with Gasteiger partial charge in [-0.3, -0.25) is 9.78 Å². The topological polar surface area (TPSA) is 113 Å². The molecule has 4 heterocycles. The summed E-state index contributed by atoms with van der Waals surface area (Å²) in [5, 5.41) is 16.6. The van der Waals surface area contributed by atoms with Crippen LogP contribution < -0.4 is 15.4 Å². The number of pyridine rings is 1. The molecule has 1 atom stereocenters. The Morgan fingerprint density at radius 1 is 1.09 bits per heavy atom. The van der Waals surface area contributed by atoms with Gasteiger partial charge in [0, 0.05) is 67.5 Å². The van der Waals surface area contributed by atoms with Crippen molar-refractivity contribution in [2.24, 2.45) is 0 Å². The number of amides is 1. The minimum atomic E-state index is -0.143. The third-order valence-electron chi connectivity index (χ3n) is 8.24. The Labute approximate surface area is 251 Å². The number of allylic oxidation sites excluding steroid dienone is 1. The second-order valence-electron chi connectivity index (χ2n) is 11.1. The summed E-state index contributed by atoms with van der Waals surface area (Å²) < 4.78 is 17.5. The van der Waals surface area contributed by atoms with Crippen molar-refractivity contribution in [1.82, 2.24) is 15.2 Å². The van der Waals surface area contributed by atoms with E-state index in [-0.39, 0.29) is 18.0 Å². The molecule has 0 spiro atoms. The summed E-state index contributed by atoms with van der Waals surface area (Å²) in [5.41, 5.74) is 6.62. The number of furan rings is 1. The van der Waals surface area contributed by atoms with Gasteiger partial charge in [-0.15, -0.1) is 0 Å². The Bertz CT molecular complexity index is 1720.